The largest absolute Gasteiger partial charge is 0.490 e. The summed E-state index contributed by atoms with van der Waals surface area (Å²) in [5.41, 5.74) is -0.254. The third-order valence-corrected chi connectivity index (χ3v) is 9.26. The van der Waals surface area contributed by atoms with Crippen LogP contribution in [0.15, 0.2) is 59.6 Å². The minimum absolute atomic E-state index is 0.0229. The number of anilines is 1. The molecule has 0 saturated carbocycles. The second kappa shape index (κ2) is 13.7. The maximum Gasteiger partial charge on any atom is 0.355 e. The molecule has 2 bridgehead atoms. The van der Waals surface area contributed by atoms with Gasteiger partial charge in [-0.1, -0.05) is 26.5 Å². The Balaban J connectivity index is 1.69. The zero-order chi connectivity index (χ0) is 35.1. The number of rotatable bonds is 6. The fourth-order valence-electron chi connectivity index (χ4n) is 7.01. The molecule has 1 aromatic carbocycles. The van der Waals surface area contributed by atoms with Crippen molar-refractivity contribution < 1.29 is 28.2 Å². The molecule has 3 aliphatic rings. The fraction of sp³-hybridized carbons (Fsp3) is 0.444. The predicted molar refractivity (Wildman–Crippen MR) is 183 cm³/mol. The van der Waals surface area contributed by atoms with Crippen molar-refractivity contribution in [3.8, 4) is 17.0 Å². The lowest BCUT2D eigenvalue weighted by molar-refractivity contribution is -0.126. The van der Waals surface area contributed by atoms with Gasteiger partial charge in [-0.15, -0.1) is 0 Å². The minimum Gasteiger partial charge on any atom is -0.490 e. The maximum absolute atomic E-state index is 16.4. The van der Waals surface area contributed by atoms with E-state index in [9.17, 15) is 14.7 Å². The first-order valence-corrected chi connectivity index (χ1v) is 16.7. The van der Waals surface area contributed by atoms with Gasteiger partial charge in [0.25, 0.3) is 0 Å². The summed E-state index contributed by atoms with van der Waals surface area (Å²) in [4.78, 5) is 41.8. The number of ether oxygens (including phenoxy) is 2. The van der Waals surface area contributed by atoms with E-state index in [2.05, 4.69) is 30.3 Å². The van der Waals surface area contributed by atoms with Gasteiger partial charge in [-0.25, -0.2) is 23.1 Å². The van der Waals surface area contributed by atoms with E-state index in [0.717, 1.165) is 0 Å². The zero-order valence-corrected chi connectivity index (χ0v) is 28.4. The molecule has 1 saturated heterocycles. The smallest absolute Gasteiger partial charge is 0.355 e. The second-order valence-corrected chi connectivity index (χ2v) is 13.1. The van der Waals surface area contributed by atoms with Crippen LogP contribution in [-0.4, -0.2) is 99.0 Å². The minimum atomic E-state index is -1.25. The molecular formula is C36H42F2N6O5. The number of pyridine rings is 1. The van der Waals surface area contributed by atoms with Crippen LogP contribution in [-0.2, 0) is 9.53 Å². The van der Waals surface area contributed by atoms with Gasteiger partial charge in [0.1, 0.15) is 41.9 Å². The molecule has 5 heterocycles. The van der Waals surface area contributed by atoms with Crippen LogP contribution in [0.4, 0.5) is 14.6 Å². The molecule has 0 radical (unpaired) electrons. The highest BCUT2D eigenvalue weighted by atomic mass is 19.1. The van der Waals surface area contributed by atoms with Crippen molar-refractivity contribution in [2.45, 2.75) is 58.9 Å². The Morgan fingerprint density at radius 3 is 2.67 bits per heavy atom. The van der Waals surface area contributed by atoms with Gasteiger partial charge in [0.2, 0.25) is 5.91 Å². The number of aromatic nitrogens is 3. The highest BCUT2D eigenvalue weighted by molar-refractivity contribution is 5.92. The van der Waals surface area contributed by atoms with E-state index in [1.807, 2.05) is 31.0 Å². The highest BCUT2D eigenvalue weighted by Gasteiger charge is 2.37. The van der Waals surface area contributed by atoms with Crippen molar-refractivity contribution >= 4 is 28.5 Å². The monoisotopic (exact) mass is 676 g/mol. The van der Waals surface area contributed by atoms with E-state index in [1.165, 1.54) is 34.9 Å². The number of amides is 1. The van der Waals surface area contributed by atoms with Crippen molar-refractivity contribution in [2.75, 3.05) is 44.3 Å². The first-order valence-electron chi connectivity index (χ1n) is 16.7. The Morgan fingerprint density at radius 2 is 1.98 bits per heavy atom. The first-order chi connectivity index (χ1) is 23.4. The van der Waals surface area contributed by atoms with Gasteiger partial charge in [-0.2, -0.15) is 4.98 Å². The lowest BCUT2D eigenvalue weighted by Gasteiger charge is -2.41. The molecule has 1 fully saturated rings. The van der Waals surface area contributed by atoms with E-state index >= 15 is 8.78 Å². The van der Waals surface area contributed by atoms with E-state index in [0.29, 0.717) is 37.4 Å². The Kier molecular flexibility index (Phi) is 9.58. The highest BCUT2D eigenvalue weighted by Crippen LogP contribution is 2.39. The second-order valence-electron chi connectivity index (χ2n) is 13.1. The van der Waals surface area contributed by atoms with Crippen LogP contribution < -0.4 is 15.3 Å². The van der Waals surface area contributed by atoms with Crippen LogP contribution in [0.3, 0.4) is 0 Å². The van der Waals surface area contributed by atoms with E-state index in [-0.39, 0.29) is 64.9 Å². The number of fused-ring (bicyclic) bond motifs is 4. The average molecular weight is 677 g/mol. The third-order valence-electron chi connectivity index (χ3n) is 9.26. The SMILES string of the molecule is C=CC(=O)N1CCN(c2nc(=O)n3c4nc(c(F)cc24)-c2c(F)cccc2OCC(O)C(OCC)C2=C3[C@@H](C)N(CC(C)C)C=C2)[C@@H](C)C1. The number of aliphatic hydroxyl groups is 1. The molecule has 0 spiro atoms. The zero-order valence-electron chi connectivity index (χ0n) is 28.4. The Bertz CT molecular complexity index is 1910. The molecule has 3 aromatic rings. The van der Waals surface area contributed by atoms with Gasteiger partial charge < -0.3 is 29.3 Å². The van der Waals surface area contributed by atoms with Crippen LogP contribution in [0.25, 0.3) is 28.0 Å². The van der Waals surface area contributed by atoms with Gasteiger partial charge in [0, 0.05) is 50.6 Å². The molecule has 1 amide bonds. The molecule has 11 nitrogen and oxygen atoms in total. The number of hydrogen-bond donors (Lipinski definition) is 1. The summed E-state index contributed by atoms with van der Waals surface area (Å²) in [6.07, 6.45) is 2.79. The van der Waals surface area contributed by atoms with Crippen molar-refractivity contribution in [2.24, 2.45) is 5.92 Å². The van der Waals surface area contributed by atoms with Crippen molar-refractivity contribution in [3.63, 3.8) is 0 Å². The summed E-state index contributed by atoms with van der Waals surface area (Å²) in [6, 6.07) is 4.57. The van der Waals surface area contributed by atoms with Gasteiger partial charge in [0.05, 0.1) is 22.7 Å². The molecule has 1 N–H and O–H groups in total. The molecule has 3 aliphatic heterocycles. The lowest BCUT2D eigenvalue weighted by Crippen LogP contribution is -2.54. The van der Waals surface area contributed by atoms with Crippen molar-refractivity contribution in [1.29, 1.82) is 0 Å². The molecule has 0 aliphatic carbocycles. The Labute approximate surface area is 283 Å². The predicted octanol–water partition coefficient (Wildman–Crippen LogP) is 4.20. The molecule has 2 unspecified atom stereocenters. The molecule has 6 rings (SSSR count). The van der Waals surface area contributed by atoms with Crippen LogP contribution in [0.5, 0.6) is 5.75 Å². The maximum atomic E-state index is 16.4. The molecule has 49 heavy (non-hydrogen) atoms. The summed E-state index contributed by atoms with van der Waals surface area (Å²) in [6.45, 7) is 14.9. The van der Waals surface area contributed by atoms with E-state index in [4.69, 9.17) is 14.5 Å². The quantitative estimate of drug-likeness (QED) is 0.384. The van der Waals surface area contributed by atoms with Crippen molar-refractivity contribution in [3.05, 3.63) is 76.9 Å². The molecule has 13 heteroatoms. The standard InChI is InChI=1S/C36H42F2N6O5/c1-7-29(46)42-14-15-43(21(5)18-42)34-24-16-26(38)31-30-25(37)10-9-11-28(30)49-19-27(45)33(48-8-2)23-12-13-41(17-20(3)4)22(6)32(23)44(35(24)39-31)36(47)40-34/h7,9-13,16,20-22,27,33,45H,1,8,14-15,17-19H2,2-6H3/t21-,22+,27?,33?/m0/s1. The number of piperazine rings is 1. The number of carbonyl (C=O) groups excluding carboxylic acids is 1. The molecular weight excluding hydrogens is 634 g/mol. The number of nitrogens with zero attached hydrogens (tertiary/aromatic N) is 6. The van der Waals surface area contributed by atoms with Crippen LogP contribution in [0, 0.1) is 17.6 Å². The lowest BCUT2D eigenvalue weighted by atomic mass is 9.94. The topological polar surface area (TPSA) is 113 Å². The number of aliphatic hydroxyl groups excluding tert-OH is 1. The van der Waals surface area contributed by atoms with Crippen LogP contribution in [0.2, 0.25) is 0 Å². The summed E-state index contributed by atoms with van der Waals surface area (Å²) in [5.74, 6) is -1.40. The summed E-state index contributed by atoms with van der Waals surface area (Å²) >= 11 is 0. The Hall–Kier alpha value is -4.62. The first kappa shape index (κ1) is 34.3. The van der Waals surface area contributed by atoms with E-state index in [1.54, 1.807) is 11.8 Å². The molecule has 4 atom stereocenters. The Morgan fingerprint density at radius 1 is 1.20 bits per heavy atom. The number of benzene rings is 1. The van der Waals surface area contributed by atoms with Crippen LogP contribution >= 0.6 is 0 Å². The average Bonchev–Trinajstić information content (AvgIpc) is 3.06. The summed E-state index contributed by atoms with van der Waals surface area (Å²) in [5, 5.41) is 11.8. The fourth-order valence-corrected chi connectivity index (χ4v) is 7.01. The number of halogens is 2. The third kappa shape index (κ3) is 6.21. The van der Waals surface area contributed by atoms with E-state index < -0.39 is 35.6 Å². The number of hydrogen-bond acceptors (Lipinski definition) is 9. The normalized spacial score (nSPS) is 22.5. The van der Waals surface area contributed by atoms with Crippen LogP contribution in [0.1, 0.15) is 34.6 Å². The van der Waals surface area contributed by atoms with Gasteiger partial charge in [0.15, 0.2) is 11.5 Å². The number of carbonyl (C=O) groups is 1. The van der Waals surface area contributed by atoms with Gasteiger partial charge in [-0.3, -0.25) is 4.79 Å². The van der Waals surface area contributed by atoms with Crippen molar-refractivity contribution in [1.82, 2.24) is 24.3 Å². The summed E-state index contributed by atoms with van der Waals surface area (Å²) < 4.78 is 45.5. The van der Waals surface area contributed by atoms with Gasteiger partial charge in [-0.05, 0) is 57.0 Å². The molecule has 2 aromatic heterocycles. The summed E-state index contributed by atoms with van der Waals surface area (Å²) in [7, 11) is 0. The van der Waals surface area contributed by atoms with Gasteiger partial charge >= 0.3 is 5.69 Å². The molecule has 260 valence electrons.